The Morgan fingerprint density at radius 1 is 1.10 bits per heavy atom. The van der Waals surface area contributed by atoms with Crippen LogP contribution in [-0.4, -0.2) is 33.4 Å². The van der Waals surface area contributed by atoms with Crippen molar-refractivity contribution in [1.29, 1.82) is 0 Å². The first-order valence-electron chi connectivity index (χ1n) is 6.47. The molecule has 3 heterocycles. The molecule has 0 N–H and O–H groups in total. The summed E-state index contributed by atoms with van der Waals surface area (Å²) in [4.78, 5) is 6.84. The maximum atomic E-state index is 5.99. The van der Waals surface area contributed by atoms with E-state index in [0.717, 1.165) is 0 Å². The second kappa shape index (κ2) is 4.36. The molecular formula is C12H17BN4O3. The van der Waals surface area contributed by atoms with E-state index >= 15 is 0 Å². The fourth-order valence-electron chi connectivity index (χ4n) is 1.92. The number of rotatable bonds is 2. The first-order valence-corrected chi connectivity index (χ1v) is 6.47. The minimum Gasteiger partial charge on any atom is -0.398 e. The summed E-state index contributed by atoms with van der Waals surface area (Å²) < 4.78 is 12.0. The van der Waals surface area contributed by atoms with Gasteiger partial charge in [-0.1, -0.05) is 0 Å². The van der Waals surface area contributed by atoms with Gasteiger partial charge in [0.1, 0.15) is 11.9 Å². The molecule has 20 heavy (non-hydrogen) atoms. The highest BCUT2D eigenvalue weighted by atomic mass is 16.7. The molecule has 7 nitrogen and oxygen atoms in total. The fourth-order valence-corrected chi connectivity index (χ4v) is 1.92. The molecule has 0 unspecified atom stereocenters. The van der Waals surface area contributed by atoms with E-state index in [0.29, 0.717) is 5.59 Å². The molecule has 1 saturated heterocycles. The van der Waals surface area contributed by atoms with Crippen molar-refractivity contribution in [3.05, 3.63) is 30.8 Å². The Morgan fingerprint density at radius 2 is 1.80 bits per heavy atom. The van der Waals surface area contributed by atoms with Gasteiger partial charge in [-0.2, -0.15) is 0 Å². The van der Waals surface area contributed by atoms with E-state index in [2.05, 4.69) is 10.3 Å². The first-order chi connectivity index (χ1) is 9.41. The molecule has 106 valence electrons. The Hall–Kier alpha value is -1.80. The number of allylic oxidation sites excluding steroid dienone is 2. The molecule has 0 amide bonds. The molecule has 0 bridgehead atoms. The second-order valence-electron chi connectivity index (χ2n) is 5.71. The largest absolute Gasteiger partial charge is 0.518 e. The molecule has 1 aromatic heterocycles. The van der Waals surface area contributed by atoms with Gasteiger partial charge in [0.05, 0.1) is 23.6 Å². The van der Waals surface area contributed by atoms with E-state index in [1.54, 1.807) is 24.7 Å². The molecule has 8 heteroatoms. The minimum atomic E-state index is -0.544. The summed E-state index contributed by atoms with van der Waals surface area (Å²) in [5, 5.41) is 9.36. The van der Waals surface area contributed by atoms with Crippen LogP contribution in [0, 0.1) is 0 Å². The summed E-state index contributed by atoms with van der Waals surface area (Å²) in [6.45, 7) is 8.00. The average Bonchev–Trinajstić information content (AvgIpc) is 2.94. The lowest BCUT2D eigenvalue weighted by atomic mass is 9.85. The van der Waals surface area contributed by atoms with Crippen LogP contribution in [0.25, 0.3) is 0 Å². The van der Waals surface area contributed by atoms with E-state index in [9.17, 15) is 0 Å². The molecule has 0 atom stereocenters. The zero-order valence-corrected chi connectivity index (χ0v) is 12.0. The van der Waals surface area contributed by atoms with Crippen molar-refractivity contribution in [2.45, 2.75) is 38.9 Å². The van der Waals surface area contributed by atoms with Crippen LogP contribution >= 0.6 is 0 Å². The number of hydrogen-bond donors (Lipinski definition) is 0. The van der Waals surface area contributed by atoms with Gasteiger partial charge in [-0.3, -0.25) is 0 Å². The van der Waals surface area contributed by atoms with E-state index in [4.69, 9.17) is 14.1 Å². The third-order valence-electron chi connectivity index (χ3n) is 3.81. The van der Waals surface area contributed by atoms with Crippen LogP contribution in [0.15, 0.2) is 30.8 Å². The molecule has 3 rings (SSSR count). The summed E-state index contributed by atoms with van der Waals surface area (Å²) in [6, 6.07) is 0. The zero-order chi connectivity index (χ0) is 14.4. The number of hydroxylamine groups is 1. The molecular weight excluding hydrogens is 259 g/mol. The maximum Gasteiger partial charge on any atom is 0.518 e. The molecule has 0 radical (unpaired) electrons. The number of aromatic nitrogens is 3. The van der Waals surface area contributed by atoms with Gasteiger partial charge in [-0.25, -0.2) is 0 Å². The quantitative estimate of drug-likeness (QED) is 0.732. The maximum absolute atomic E-state index is 5.99. The fraction of sp³-hybridized carbons (Fsp3) is 0.500. The summed E-state index contributed by atoms with van der Waals surface area (Å²) in [5.41, 5.74) is -0.153. The highest BCUT2D eigenvalue weighted by Crippen LogP contribution is 2.36. The predicted octanol–water partition coefficient (Wildman–Crippen LogP) is 0.488. The van der Waals surface area contributed by atoms with Crippen LogP contribution in [0.1, 0.15) is 27.7 Å². The average molecular weight is 276 g/mol. The Kier molecular flexibility index (Phi) is 2.88. The second-order valence-corrected chi connectivity index (χ2v) is 5.71. The molecule has 0 saturated carbocycles. The van der Waals surface area contributed by atoms with Crippen LogP contribution in [-0.2, 0) is 14.1 Å². The van der Waals surface area contributed by atoms with Crippen molar-refractivity contribution in [3.8, 4) is 0 Å². The van der Waals surface area contributed by atoms with Gasteiger partial charge in [-0.15, -0.1) is 15.1 Å². The Bertz CT molecular complexity index is 551. The van der Waals surface area contributed by atoms with E-state index in [-0.39, 0.29) is 0 Å². The molecule has 0 aliphatic carbocycles. The van der Waals surface area contributed by atoms with Crippen LogP contribution in [0.4, 0.5) is 0 Å². The standard InChI is InChI=1S/C12H17BN4O3/c1-11(2)12(3,4)20-13(19-11)10-9-14-15-17(10)16-7-5-6-8-18-16/h5-9H,1-4H3. The van der Waals surface area contributed by atoms with Gasteiger partial charge >= 0.3 is 7.12 Å². The van der Waals surface area contributed by atoms with Crippen molar-refractivity contribution >= 4 is 12.7 Å². The molecule has 1 fully saturated rings. The highest BCUT2D eigenvalue weighted by molar-refractivity contribution is 6.61. The third kappa shape index (κ3) is 2.01. The molecule has 1 aromatic rings. The summed E-state index contributed by atoms with van der Waals surface area (Å²) in [5.74, 6) is 0. The van der Waals surface area contributed by atoms with Gasteiger partial charge in [0.15, 0.2) is 0 Å². The zero-order valence-electron chi connectivity index (χ0n) is 12.0. The van der Waals surface area contributed by atoms with E-state index < -0.39 is 18.3 Å². The highest BCUT2D eigenvalue weighted by Gasteiger charge is 2.53. The van der Waals surface area contributed by atoms with Crippen LogP contribution in [0.2, 0.25) is 0 Å². The minimum absolute atomic E-state index is 0.411. The first kappa shape index (κ1) is 13.2. The Labute approximate surface area is 117 Å². The molecule has 0 aromatic carbocycles. The number of nitrogens with zero attached hydrogens (tertiary/aromatic N) is 4. The number of hydrogen-bond acceptors (Lipinski definition) is 6. The monoisotopic (exact) mass is 276 g/mol. The van der Waals surface area contributed by atoms with Crippen LogP contribution < -0.4 is 10.8 Å². The van der Waals surface area contributed by atoms with Crippen molar-refractivity contribution in [2.75, 3.05) is 5.17 Å². The van der Waals surface area contributed by atoms with Crippen molar-refractivity contribution in [2.24, 2.45) is 0 Å². The topological polar surface area (TPSA) is 61.6 Å². The normalized spacial score (nSPS) is 23.2. The van der Waals surface area contributed by atoms with Gasteiger partial charge in [-0.05, 0) is 45.1 Å². The summed E-state index contributed by atoms with van der Waals surface area (Å²) in [7, 11) is -0.544. The third-order valence-corrected chi connectivity index (χ3v) is 3.81. The van der Waals surface area contributed by atoms with Gasteiger partial charge < -0.3 is 14.1 Å². The lowest BCUT2D eigenvalue weighted by Crippen LogP contribution is -2.46. The summed E-state index contributed by atoms with van der Waals surface area (Å²) in [6.07, 6.45) is 8.50. The summed E-state index contributed by atoms with van der Waals surface area (Å²) >= 11 is 0. The van der Waals surface area contributed by atoms with Crippen molar-refractivity contribution in [3.63, 3.8) is 0 Å². The van der Waals surface area contributed by atoms with Crippen LogP contribution in [0.5, 0.6) is 0 Å². The van der Waals surface area contributed by atoms with Crippen LogP contribution in [0.3, 0.4) is 0 Å². The molecule has 2 aliphatic rings. The van der Waals surface area contributed by atoms with Crippen molar-refractivity contribution in [1.82, 2.24) is 15.1 Å². The smallest absolute Gasteiger partial charge is 0.398 e. The SMILES string of the molecule is CC1(C)OB(c2cnnn2N2C=CC=CO2)OC1(C)C. The molecule has 2 aliphatic heterocycles. The van der Waals surface area contributed by atoms with E-state index in [1.165, 1.54) is 9.96 Å². The van der Waals surface area contributed by atoms with Crippen molar-refractivity contribution < 1.29 is 14.1 Å². The molecule has 0 spiro atoms. The van der Waals surface area contributed by atoms with Gasteiger partial charge in [0.2, 0.25) is 0 Å². The Balaban J connectivity index is 1.88. The van der Waals surface area contributed by atoms with E-state index in [1.807, 2.05) is 33.8 Å². The van der Waals surface area contributed by atoms with Gasteiger partial charge in [0, 0.05) is 0 Å². The lowest BCUT2D eigenvalue weighted by Gasteiger charge is -2.32. The van der Waals surface area contributed by atoms with Gasteiger partial charge in [0.25, 0.3) is 0 Å². The predicted molar refractivity (Wildman–Crippen MR) is 73.3 cm³/mol. The Morgan fingerprint density at radius 3 is 2.40 bits per heavy atom. The lowest BCUT2D eigenvalue weighted by molar-refractivity contribution is 0.00578.